The first-order valence-corrected chi connectivity index (χ1v) is 11.6. The second kappa shape index (κ2) is 10.5. The van der Waals surface area contributed by atoms with Crippen molar-refractivity contribution in [2.24, 2.45) is 0 Å². The highest BCUT2D eigenvalue weighted by Crippen LogP contribution is 2.29. The SMILES string of the molecule is O=C(NOC1CCCCO1)c1ccc(N(CC(F)(F)F)c2nccc(-c3cnc4ccccn34)n2)cc1. The molecule has 9 nitrogen and oxygen atoms in total. The number of carbonyl (C=O) groups is 1. The Morgan fingerprint density at radius 3 is 2.73 bits per heavy atom. The lowest BCUT2D eigenvalue weighted by atomic mass is 10.2. The number of rotatable bonds is 7. The number of alkyl halides is 3. The summed E-state index contributed by atoms with van der Waals surface area (Å²) in [6.45, 7) is -0.762. The minimum atomic E-state index is -4.54. The van der Waals surface area contributed by atoms with Crippen LogP contribution in [-0.2, 0) is 9.57 Å². The van der Waals surface area contributed by atoms with Crippen LogP contribution in [0.1, 0.15) is 29.6 Å². The molecule has 1 saturated heterocycles. The van der Waals surface area contributed by atoms with Gasteiger partial charge in [-0.3, -0.25) is 9.20 Å². The maximum atomic E-state index is 13.5. The summed E-state index contributed by atoms with van der Waals surface area (Å²) in [6.07, 6.45) is 2.28. The lowest BCUT2D eigenvalue weighted by Gasteiger charge is -2.24. The van der Waals surface area contributed by atoms with Crippen LogP contribution in [0.3, 0.4) is 0 Å². The third kappa shape index (κ3) is 5.87. The van der Waals surface area contributed by atoms with Gasteiger partial charge in [0.1, 0.15) is 12.2 Å². The van der Waals surface area contributed by atoms with E-state index in [1.807, 2.05) is 18.2 Å². The van der Waals surface area contributed by atoms with Gasteiger partial charge in [-0.15, -0.1) is 0 Å². The topological polar surface area (TPSA) is 93.9 Å². The zero-order chi connectivity index (χ0) is 25.8. The molecule has 3 aromatic heterocycles. The smallest absolute Gasteiger partial charge is 0.350 e. The second-order valence-electron chi connectivity index (χ2n) is 8.41. The van der Waals surface area contributed by atoms with Gasteiger partial charge in [0.2, 0.25) is 5.95 Å². The van der Waals surface area contributed by atoms with Crippen molar-refractivity contribution >= 4 is 23.2 Å². The molecule has 0 spiro atoms. The van der Waals surface area contributed by atoms with Crippen LogP contribution >= 0.6 is 0 Å². The molecule has 12 heteroatoms. The van der Waals surface area contributed by atoms with Crippen molar-refractivity contribution < 1.29 is 27.5 Å². The first-order chi connectivity index (χ1) is 17.9. The molecule has 1 aromatic carbocycles. The average molecular weight is 512 g/mol. The summed E-state index contributed by atoms with van der Waals surface area (Å²) >= 11 is 0. The van der Waals surface area contributed by atoms with Gasteiger partial charge in [0.05, 0.1) is 17.6 Å². The molecule has 1 atom stereocenters. The zero-order valence-corrected chi connectivity index (χ0v) is 19.6. The van der Waals surface area contributed by atoms with Crippen LogP contribution in [-0.4, -0.2) is 50.9 Å². The van der Waals surface area contributed by atoms with Crippen LogP contribution in [0.25, 0.3) is 17.0 Å². The Balaban J connectivity index is 1.38. The Kier molecular flexibility index (Phi) is 7.01. The number of anilines is 2. The number of halogens is 3. The minimum Gasteiger partial charge on any atom is -0.350 e. The lowest BCUT2D eigenvalue weighted by Crippen LogP contribution is -2.33. The van der Waals surface area contributed by atoms with E-state index in [1.165, 1.54) is 30.5 Å². The summed E-state index contributed by atoms with van der Waals surface area (Å²) in [5.41, 5.74) is 4.42. The fourth-order valence-corrected chi connectivity index (χ4v) is 3.97. The molecule has 1 aliphatic rings. The van der Waals surface area contributed by atoms with Crippen molar-refractivity contribution in [2.45, 2.75) is 31.7 Å². The van der Waals surface area contributed by atoms with Crippen LogP contribution < -0.4 is 10.4 Å². The van der Waals surface area contributed by atoms with Crippen molar-refractivity contribution in [1.82, 2.24) is 24.8 Å². The van der Waals surface area contributed by atoms with E-state index in [0.717, 1.165) is 17.7 Å². The number of amides is 1. The number of imidazole rings is 1. The summed E-state index contributed by atoms with van der Waals surface area (Å²) in [5, 5.41) is 0. The fourth-order valence-electron chi connectivity index (χ4n) is 3.97. The Morgan fingerprint density at radius 2 is 1.97 bits per heavy atom. The van der Waals surface area contributed by atoms with E-state index >= 15 is 0 Å². The van der Waals surface area contributed by atoms with Crippen LogP contribution in [0.4, 0.5) is 24.8 Å². The fraction of sp³-hybridized carbons (Fsp3) is 0.280. The Bertz CT molecular complexity index is 1370. The number of nitrogens with one attached hydrogen (secondary N) is 1. The standard InChI is InChI=1S/C25H23F3N6O3/c26-25(27,28)16-34(18-9-7-17(8-10-18)23(35)32-37-22-6-2-4-14-36-22)24-29-12-11-19(31-24)20-15-30-21-5-1-3-13-33(20)21/h1,3,5,7-13,15,22H,2,4,6,14,16H2,(H,32,35). The molecule has 1 fully saturated rings. The van der Waals surface area contributed by atoms with E-state index in [1.54, 1.807) is 22.9 Å². The molecule has 0 saturated carbocycles. The van der Waals surface area contributed by atoms with Crippen molar-refractivity contribution in [3.63, 3.8) is 0 Å². The number of benzene rings is 1. The molecule has 0 bridgehead atoms. The summed E-state index contributed by atoms with van der Waals surface area (Å²) in [4.78, 5) is 31.5. The van der Waals surface area contributed by atoms with Gasteiger partial charge in [-0.05, 0) is 55.3 Å². The summed E-state index contributed by atoms with van der Waals surface area (Å²) in [5.74, 6) is -0.676. The van der Waals surface area contributed by atoms with Gasteiger partial charge in [0.25, 0.3) is 5.91 Å². The number of nitrogens with zero attached hydrogens (tertiary/aromatic N) is 5. The molecular formula is C25H23F3N6O3. The normalized spacial score (nSPS) is 16.0. The first-order valence-electron chi connectivity index (χ1n) is 11.6. The highest BCUT2D eigenvalue weighted by Gasteiger charge is 2.33. The third-order valence-electron chi connectivity index (χ3n) is 5.76. The number of fused-ring (bicyclic) bond motifs is 1. The number of hydroxylamine groups is 1. The van der Waals surface area contributed by atoms with Crippen molar-refractivity contribution in [3.05, 3.63) is 72.7 Å². The number of pyridine rings is 1. The van der Waals surface area contributed by atoms with E-state index in [2.05, 4.69) is 20.4 Å². The van der Waals surface area contributed by atoms with Crippen LogP contribution in [0.5, 0.6) is 0 Å². The van der Waals surface area contributed by atoms with Gasteiger partial charge in [-0.2, -0.15) is 13.2 Å². The maximum Gasteiger partial charge on any atom is 0.406 e. The number of carbonyl (C=O) groups excluding carboxylic acids is 1. The highest BCUT2D eigenvalue weighted by molar-refractivity contribution is 5.93. The second-order valence-corrected chi connectivity index (χ2v) is 8.41. The lowest BCUT2D eigenvalue weighted by molar-refractivity contribution is -0.186. The molecule has 1 N–H and O–H groups in total. The molecule has 192 valence electrons. The Labute approximate surface area is 209 Å². The van der Waals surface area contributed by atoms with Crippen molar-refractivity contribution in [3.8, 4) is 11.4 Å². The molecule has 1 aliphatic heterocycles. The number of ether oxygens (including phenoxy) is 1. The van der Waals surface area contributed by atoms with Gasteiger partial charge < -0.3 is 9.64 Å². The highest BCUT2D eigenvalue weighted by atomic mass is 19.4. The Hall–Kier alpha value is -4.03. The summed E-state index contributed by atoms with van der Waals surface area (Å²) in [6, 6.07) is 12.7. The Morgan fingerprint density at radius 1 is 1.14 bits per heavy atom. The maximum absolute atomic E-state index is 13.5. The van der Waals surface area contributed by atoms with E-state index in [4.69, 9.17) is 9.57 Å². The molecule has 1 amide bonds. The van der Waals surface area contributed by atoms with E-state index < -0.39 is 24.9 Å². The van der Waals surface area contributed by atoms with Crippen LogP contribution in [0.2, 0.25) is 0 Å². The molecule has 37 heavy (non-hydrogen) atoms. The molecule has 5 rings (SSSR count). The quantitative estimate of drug-likeness (QED) is 0.360. The van der Waals surface area contributed by atoms with Gasteiger partial charge in [-0.25, -0.2) is 25.3 Å². The van der Waals surface area contributed by atoms with E-state index in [0.29, 0.717) is 30.1 Å². The first kappa shape index (κ1) is 24.7. The molecule has 1 unspecified atom stereocenters. The molecule has 0 aliphatic carbocycles. The number of hydrogen-bond acceptors (Lipinski definition) is 7. The summed E-state index contributed by atoms with van der Waals surface area (Å²) in [7, 11) is 0. The molecule has 4 aromatic rings. The van der Waals surface area contributed by atoms with Gasteiger partial charge in [0.15, 0.2) is 6.29 Å². The number of hydrogen-bond donors (Lipinski definition) is 1. The average Bonchev–Trinajstić information content (AvgIpc) is 3.35. The molecule has 4 heterocycles. The van der Waals surface area contributed by atoms with Gasteiger partial charge >= 0.3 is 6.18 Å². The monoisotopic (exact) mass is 512 g/mol. The predicted octanol–water partition coefficient (Wildman–Crippen LogP) is 4.68. The molecule has 0 radical (unpaired) electrons. The zero-order valence-electron chi connectivity index (χ0n) is 19.6. The largest absolute Gasteiger partial charge is 0.406 e. The van der Waals surface area contributed by atoms with E-state index in [-0.39, 0.29) is 17.2 Å². The van der Waals surface area contributed by atoms with E-state index in [9.17, 15) is 18.0 Å². The van der Waals surface area contributed by atoms with Crippen LogP contribution in [0, 0.1) is 0 Å². The predicted molar refractivity (Wildman–Crippen MR) is 128 cm³/mol. The van der Waals surface area contributed by atoms with Gasteiger partial charge in [-0.1, -0.05) is 6.07 Å². The van der Waals surface area contributed by atoms with Crippen molar-refractivity contribution in [2.75, 3.05) is 18.1 Å². The summed E-state index contributed by atoms with van der Waals surface area (Å²) < 4.78 is 47.8. The van der Waals surface area contributed by atoms with Crippen LogP contribution in [0.15, 0.2) is 67.1 Å². The third-order valence-corrected chi connectivity index (χ3v) is 5.76. The molecular weight excluding hydrogens is 489 g/mol. The van der Waals surface area contributed by atoms with Gasteiger partial charge in [0, 0.05) is 36.7 Å². The minimum absolute atomic E-state index is 0.143. The van der Waals surface area contributed by atoms with Crippen molar-refractivity contribution in [1.29, 1.82) is 0 Å². The number of aromatic nitrogens is 4.